The van der Waals surface area contributed by atoms with Crippen molar-refractivity contribution in [2.75, 3.05) is 0 Å². The van der Waals surface area contributed by atoms with Gasteiger partial charge in [-0.3, -0.25) is 0 Å². The lowest BCUT2D eigenvalue weighted by Crippen LogP contribution is -2.00. The molecular weight excluding hydrogens is 234 g/mol. The Morgan fingerprint density at radius 2 is 2.18 bits per heavy atom. The molecule has 0 aliphatic carbocycles. The summed E-state index contributed by atoms with van der Waals surface area (Å²) in [5.41, 5.74) is 1.82. The molecule has 0 aliphatic heterocycles. The molecule has 17 heavy (non-hydrogen) atoms. The fourth-order valence-corrected chi connectivity index (χ4v) is 2.25. The zero-order valence-corrected chi connectivity index (χ0v) is 10.7. The molecule has 1 aromatic carbocycles. The number of aliphatic hydroxyl groups is 1. The third-order valence-corrected chi connectivity index (χ3v) is 3.33. The standard InChI is InChI=1S/C13H15NO2S/c1-9-8-17-13(14-9)7-16-12-6-4-3-5-11(12)10(2)15/h3-6,8,10,15H,7H2,1-2H3/t10-/m1/s1. The van der Waals surface area contributed by atoms with E-state index in [-0.39, 0.29) is 0 Å². The van der Waals surface area contributed by atoms with Crippen LogP contribution in [0, 0.1) is 6.92 Å². The van der Waals surface area contributed by atoms with E-state index in [9.17, 15) is 5.11 Å². The van der Waals surface area contributed by atoms with Gasteiger partial charge in [-0.05, 0) is 19.9 Å². The van der Waals surface area contributed by atoms with Crippen molar-refractivity contribution in [3.05, 3.63) is 45.9 Å². The number of ether oxygens (including phenoxy) is 1. The summed E-state index contributed by atoms with van der Waals surface area (Å²) in [7, 11) is 0. The Balaban J connectivity index is 2.08. The van der Waals surface area contributed by atoms with Crippen LogP contribution in [0.4, 0.5) is 0 Å². The van der Waals surface area contributed by atoms with E-state index in [2.05, 4.69) is 4.98 Å². The van der Waals surface area contributed by atoms with E-state index >= 15 is 0 Å². The van der Waals surface area contributed by atoms with E-state index in [1.807, 2.05) is 36.6 Å². The number of hydrogen-bond acceptors (Lipinski definition) is 4. The van der Waals surface area contributed by atoms with Crippen LogP contribution in [-0.2, 0) is 6.61 Å². The minimum atomic E-state index is -0.524. The van der Waals surface area contributed by atoms with Gasteiger partial charge in [-0.15, -0.1) is 11.3 Å². The molecule has 90 valence electrons. The average molecular weight is 249 g/mol. The summed E-state index contributed by atoms with van der Waals surface area (Å²) < 4.78 is 5.69. The van der Waals surface area contributed by atoms with Gasteiger partial charge in [0.1, 0.15) is 17.4 Å². The number of para-hydroxylation sites is 1. The monoisotopic (exact) mass is 249 g/mol. The number of aliphatic hydroxyl groups excluding tert-OH is 1. The van der Waals surface area contributed by atoms with Gasteiger partial charge in [-0.25, -0.2) is 4.98 Å². The van der Waals surface area contributed by atoms with Gasteiger partial charge >= 0.3 is 0 Å². The number of aryl methyl sites for hydroxylation is 1. The normalized spacial score (nSPS) is 12.4. The Morgan fingerprint density at radius 1 is 1.41 bits per heavy atom. The fraction of sp³-hybridized carbons (Fsp3) is 0.308. The topological polar surface area (TPSA) is 42.4 Å². The molecule has 2 aromatic rings. The maximum Gasteiger partial charge on any atom is 0.140 e. The van der Waals surface area contributed by atoms with Crippen LogP contribution in [0.3, 0.4) is 0 Å². The Labute approximate surface area is 105 Å². The van der Waals surface area contributed by atoms with Crippen LogP contribution < -0.4 is 4.74 Å². The Kier molecular flexibility index (Phi) is 3.76. The number of thiazole rings is 1. The molecule has 0 aliphatic rings. The molecule has 2 rings (SSSR count). The highest BCUT2D eigenvalue weighted by atomic mass is 32.1. The lowest BCUT2D eigenvalue weighted by molar-refractivity contribution is 0.190. The number of benzene rings is 1. The van der Waals surface area contributed by atoms with Crippen molar-refractivity contribution in [2.24, 2.45) is 0 Å². The molecule has 1 heterocycles. The SMILES string of the molecule is Cc1csc(COc2ccccc2[C@@H](C)O)n1. The van der Waals surface area contributed by atoms with Crippen molar-refractivity contribution >= 4 is 11.3 Å². The van der Waals surface area contributed by atoms with Crippen LogP contribution in [0.25, 0.3) is 0 Å². The first-order valence-corrected chi connectivity index (χ1v) is 6.35. The molecule has 0 bridgehead atoms. The lowest BCUT2D eigenvalue weighted by Gasteiger charge is -2.12. The van der Waals surface area contributed by atoms with E-state index in [0.29, 0.717) is 6.61 Å². The Bertz CT molecular complexity index is 494. The second-order valence-electron chi connectivity index (χ2n) is 3.89. The van der Waals surface area contributed by atoms with Gasteiger partial charge in [0.15, 0.2) is 0 Å². The summed E-state index contributed by atoms with van der Waals surface area (Å²) in [6.45, 7) is 4.14. The van der Waals surface area contributed by atoms with Crippen LogP contribution in [0.5, 0.6) is 5.75 Å². The summed E-state index contributed by atoms with van der Waals surface area (Å²) in [6.07, 6.45) is -0.524. The van der Waals surface area contributed by atoms with Gasteiger partial charge in [-0.2, -0.15) is 0 Å². The third-order valence-electron chi connectivity index (χ3n) is 2.39. The molecule has 1 N–H and O–H groups in total. The summed E-state index contributed by atoms with van der Waals surface area (Å²) in [5.74, 6) is 0.718. The zero-order valence-electron chi connectivity index (χ0n) is 9.88. The fourth-order valence-electron chi connectivity index (χ4n) is 1.57. The minimum Gasteiger partial charge on any atom is -0.486 e. The maximum atomic E-state index is 9.61. The first-order valence-electron chi connectivity index (χ1n) is 5.47. The van der Waals surface area contributed by atoms with Crippen molar-refractivity contribution in [1.82, 2.24) is 4.98 Å². The molecule has 4 heteroatoms. The number of rotatable bonds is 4. The molecular formula is C13H15NO2S. The molecule has 0 unspecified atom stereocenters. The van der Waals surface area contributed by atoms with E-state index in [0.717, 1.165) is 22.0 Å². The molecule has 0 amide bonds. The molecule has 1 aromatic heterocycles. The lowest BCUT2D eigenvalue weighted by atomic mass is 10.1. The first kappa shape index (κ1) is 12.1. The highest BCUT2D eigenvalue weighted by molar-refractivity contribution is 7.09. The number of aromatic nitrogens is 1. The van der Waals surface area contributed by atoms with Crippen LogP contribution in [0.15, 0.2) is 29.6 Å². The summed E-state index contributed by atoms with van der Waals surface area (Å²) in [4.78, 5) is 4.33. The Hall–Kier alpha value is -1.39. The van der Waals surface area contributed by atoms with E-state index in [1.165, 1.54) is 0 Å². The van der Waals surface area contributed by atoms with Crippen LogP contribution in [-0.4, -0.2) is 10.1 Å². The van der Waals surface area contributed by atoms with Gasteiger partial charge < -0.3 is 9.84 Å². The van der Waals surface area contributed by atoms with Crippen LogP contribution >= 0.6 is 11.3 Å². The molecule has 0 saturated carbocycles. The molecule has 0 saturated heterocycles. The van der Waals surface area contributed by atoms with Gasteiger partial charge in [0.25, 0.3) is 0 Å². The third kappa shape index (κ3) is 3.05. The second kappa shape index (κ2) is 5.29. The predicted molar refractivity (Wildman–Crippen MR) is 68.3 cm³/mol. The van der Waals surface area contributed by atoms with Gasteiger partial charge in [0, 0.05) is 16.6 Å². The molecule has 0 fully saturated rings. The van der Waals surface area contributed by atoms with E-state index in [4.69, 9.17) is 4.74 Å². The van der Waals surface area contributed by atoms with Crippen LogP contribution in [0.1, 0.15) is 29.3 Å². The smallest absolute Gasteiger partial charge is 0.140 e. The van der Waals surface area contributed by atoms with Crippen molar-refractivity contribution < 1.29 is 9.84 Å². The average Bonchev–Trinajstić information content (AvgIpc) is 2.73. The quantitative estimate of drug-likeness (QED) is 0.905. The van der Waals surface area contributed by atoms with Crippen molar-refractivity contribution in [1.29, 1.82) is 0 Å². The van der Waals surface area contributed by atoms with Crippen molar-refractivity contribution in [2.45, 2.75) is 26.6 Å². The van der Waals surface area contributed by atoms with Crippen LogP contribution in [0.2, 0.25) is 0 Å². The molecule has 0 radical (unpaired) electrons. The summed E-state index contributed by atoms with van der Waals surface area (Å²) >= 11 is 1.58. The predicted octanol–water partition coefficient (Wildman–Crippen LogP) is 3.08. The van der Waals surface area contributed by atoms with Gasteiger partial charge in [0.05, 0.1) is 6.10 Å². The summed E-state index contributed by atoms with van der Waals surface area (Å²) in [5, 5.41) is 12.6. The molecule has 3 nitrogen and oxygen atoms in total. The first-order chi connectivity index (χ1) is 8.16. The highest BCUT2D eigenvalue weighted by Crippen LogP contribution is 2.25. The zero-order chi connectivity index (χ0) is 12.3. The number of nitrogens with zero attached hydrogens (tertiary/aromatic N) is 1. The van der Waals surface area contributed by atoms with Gasteiger partial charge in [0.2, 0.25) is 0 Å². The Morgan fingerprint density at radius 3 is 2.82 bits per heavy atom. The molecule has 1 atom stereocenters. The van der Waals surface area contributed by atoms with Crippen molar-refractivity contribution in [3.63, 3.8) is 0 Å². The van der Waals surface area contributed by atoms with Crippen molar-refractivity contribution in [3.8, 4) is 5.75 Å². The summed E-state index contributed by atoms with van der Waals surface area (Å²) in [6, 6.07) is 7.52. The number of hydrogen-bond donors (Lipinski definition) is 1. The minimum absolute atomic E-state index is 0.447. The maximum absolute atomic E-state index is 9.61. The van der Waals surface area contributed by atoms with E-state index in [1.54, 1.807) is 18.3 Å². The largest absolute Gasteiger partial charge is 0.486 e. The highest BCUT2D eigenvalue weighted by Gasteiger charge is 2.08. The second-order valence-corrected chi connectivity index (χ2v) is 4.83. The van der Waals surface area contributed by atoms with E-state index < -0.39 is 6.10 Å². The van der Waals surface area contributed by atoms with Gasteiger partial charge in [-0.1, -0.05) is 18.2 Å². The molecule has 0 spiro atoms.